The first-order valence-electron chi connectivity index (χ1n) is 16.5. The highest BCUT2D eigenvalue weighted by atomic mass is 32.2. The quantitative estimate of drug-likeness (QED) is 0.277. The van der Waals surface area contributed by atoms with Crippen LogP contribution in [0, 0.1) is 29.1 Å². The zero-order valence-electron chi connectivity index (χ0n) is 29.1. The summed E-state index contributed by atoms with van der Waals surface area (Å²) in [5, 5.41) is 25.9. The van der Waals surface area contributed by atoms with Crippen LogP contribution in [0.3, 0.4) is 0 Å². The monoisotopic (exact) mass is 686 g/mol. The van der Waals surface area contributed by atoms with Gasteiger partial charge in [0.05, 0.1) is 32.6 Å². The summed E-state index contributed by atoms with van der Waals surface area (Å²) in [4.78, 5) is 35.0. The maximum absolute atomic E-state index is 14.1. The van der Waals surface area contributed by atoms with Crippen molar-refractivity contribution in [2.24, 2.45) is 29.1 Å². The van der Waals surface area contributed by atoms with E-state index < -0.39 is 40.1 Å². The number of anilines is 1. The number of ether oxygens (including phenoxy) is 1. The second-order valence-corrected chi connectivity index (χ2v) is 16.3. The average molecular weight is 687 g/mol. The predicted octanol–water partition coefficient (Wildman–Crippen LogP) is 2.78. The Kier molecular flexibility index (Phi) is 10.2. The van der Waals surface area contributed by atoms with Crippen molar-refractivity contribution in [3.63, 3.8) is 0 Å². The highest BCUT2D eigenvalue weighted by molar-refractivity contribution is 7.89. The van der Waals surface area contributed by atoms with Crippen LogP contribution in [0.1, 0.15) is 56.5 Å². The minimum atomic E-state index is -3.79. The van der Waals surface area contributed by atoms with Crippen LogP contribution in [0.2, 0.25) is 0 Å². The Labute approximate surface area is 283 Å². The van der Waals surface area contributed by atoms with Crippen LogP contribution in [0.4, 0.5) is 5.69 Å². The van der Waals surface area contributed by atoms with E-state index in [0.29, 0.717) is 45.9 Å². The van der Waals surface area contributed by atoms with Crippen LogP contribution in [0.25, 0.3) is 11.1 Å². The third kappa shape index (κ3) is 6.93. The maximum Gasteiger partial charge on any atom is 0.264 e. The lowest BCUT2D eigenvalue weighted by molar-refractivity contribution is -0.183. The molecule has 12 nitrogen and oxygen atoms in total. The summed E-state index contributed by atoms with van der Waals surface area (Å²) in [6.07, 6.45) is 1.28. The normalized spacial score (nSPS) is 28.7. The van der Waals surface area contributed by atoms with Crippen molar-refractivity contribution in [3.05, 3.63) is 47.5 Å². The standard InChI is InChI=1S/C35H50N4O8S/c1-19-27-15-24(35(27,3)4)16-28(19)36-34(43)31-30(20(2)41)29(18-40)47-39(31)17-21-10-9-11-26(32(21)46-7)22-12-23(14-25(13-22)38(5)6)33(42)37-48(8,44)45/h9-14,19-20,24,27-31,40-41H,15-18H2,1-8H3,(H,36,43)(H,37,42)/t19-,20-,24+,27-,28-,29-,30+,31-/m0/s1. The third-order valence-corrected chi connectivity index (χ3v) is 11.5. The summed E-state index contributed by atoms with van der Waals surface area (Å²) < 4.78 is 31.6. The molecule has 264 valence electrons. The fourth-order valence-electron chi connectivity index (χ4n) is 8.21. The molecule has 8 atom stereocenters. The molecule has 2 amide bonds. The van der Waals surface area contributed by atoms with Gasteiger partial charge in [0.25, 0.3) is 5.91 Å². The molecule has 4 aliphatic rings. The Balaban J connectivity index is 1.47. The SMILES string of the molecule is COc1c(CN2O[C@@H](CO)[C@@H]([C@H](C)O)[C@H]2C(=O)N[C@H]2C[C@H]3C[C@@H]([C@@H]2C)C3(C)C)cccc1-c1cc(C(=O)NS(C)(=O)=O)cc(N(C)C)c1. The Morgan fingerprint density at radius 2 is 1.90 bits per heavy atom. The molecule has 13 heteroatoms. The Hall–Kier alpha value is -3.23. The molecule has 3 saturated carbocycles. The molecule has 1 saturated heterocycles. The van der Waals surface area contributed by atoms with Crippen LogP contribution < -0.4 is 19.7 Å². The van der Waals surface area contributed by atoms with Gasteiger partial charge >= 0.3 is 0 Å². The summed E-state index contributed by atoms with van der Waals surface area (Å²) in [6.45, 7) is 8.16. The number of aliphatic hydroxyl groups excluding tert-OH is 2. The molecule has 1 aliphatic heterocycles. The van der Waals surface area contributed by atoms with Gasteiger partial charge in [-0.25, -0.2) is 13.1 Å². The van der Waals surface area contributed by atoms with E-state index in [1.165, 1.54) is 18.6 Å². The maximum atomic E-state index is 14.1. The number of amides is 2. The van der Waals surface area contributed by atoms with Crippen molar-refractivity contribution < 1.29 is 37.8 Å². The van der Waals surface area contributed by atoms with Crippen molar-refractivity contribution in [1.29, 1.82) is 0 Å². The number of benzene rings is 2. The average Bonchev–Trinajstić information content (AvgIpc) is 3.39. The van der Waals surface area contributed by atoms with Crippen molar-refractivity contribution in [2.45, 2.75) is 71.4 Å². The molecule has 1 heterocycles. The zero-order chi connectivity index (χ0) is 35.3. The van der Waals surface area contributed by atoms with Gasteiger partial charge in [-0.1, -0.05) is 39.0 Å². The number of hydrogen-bond donors (Lipinski definition) is 4. The number of aliphatic hydroxyl groups is 2. The molecule has 3 aliphatic carbocycles. The van der Waals surface area contributed by atoms with Crippen molar-refractivity contribution >= 4 is 27.5 Å². The first-order valence-corrected chi connectivity index (χ1v) is 18.4. The number of fused-ring (bicyclic) bond motifs is 2. The lowest BCUT2D eigenvalue weighted by Crippen LogP contribution is -2.62. The molecule has 0 spiro atoms. The zero-order valence-corrected chi connectivity index (χ0v) is 29.9. The van der Waals surface area contributed by atoms with Crippen LogP contribution in [-0.4, -0.2) is 93.9 Å². The Morgan fingerprint density at radius 3 is 2.46 bits per heavy atom. The largest absolute Gasteiger partial charge is 0.496 e. The summed E-state index contributed by atoms with van der Waals surface area (Å²) in [7, 11) is 1.36. The van der Waals surface area contributed by atoms with E-state index in [4.69, 9.17) is 9.57 Å². The van der Waals surface area contributed by atoms with Crippen molar-refractivity contribution in [2.75, 3.05) is 39.0 Å². The third-order valence-electron chi connectivity index (χ3n) is 11.0. The summed E-state index contributed by atoms with van der Waals surface area (Å²) >= 11 is 0. The molecule has 0 aromatic heterocycles. The molecule has 0 radical (unpaired) electrons. The predicted molar refractivity (Wildman–Crippen MR) is 183 cm³/mol. The van der Waals surface area contributed by atoms with Crippen LogP contribution in [0.5, 0.6) is 5.75 Å². The summed E-state index contributed by atoms with van der Waals surface area (Å²) in [6, 6.07) is 9.69. The topological polar surface area (TPSA) is 158 Å². The smallest absolute Gasteiger partial charge is 0.264 e. The fraction of sp³-hybridized carbons (Fsp3) is 0.600. The van der Waals surface area contributed by atoms with Gasteiger partial charge in [0.2, 0.25) is 15.9 Å². The minimum absolute atomic E-state index is 0.00915. The second kappa shape index (κ2) is 13.6. The van der Waals surface area contributed by atoms with Crippen LogP contribution in [0.15, 0.2) is 36.4 Å². The molecular weight excluding hydrogens is 636 g/mol. The van der Waals surface area contributed by atoms with E-state index in [1.54, 1.807) is 24.0 Å². The van der Waals surface area contributed by atoms with Gasteiger partial charge in [0, 0.05) is 48.4 Å². The molecule has 4 fully saturated rings. The van der Waals surface area contributed by atoms with E-state index in [0.717, 1.165) is 12.7 Å². The van der Waals surface area contributed by atoms with Crippen molar-refractivity contribution in [3.8, 4) is 16.9 Å². The number of para-hydroxylation sites is 1. The molecular formula is C35H50N4O8S. The molecule has 2 aromatic rings. The number of hydroxylamine groups is 2. The first-order chi connectivity index (χ1) is 22.5. The van der Waals surface area contributed by atoms with Gasteiger partial charge < -0.3 is 25.2 Å². The van der Waals surface area contributed by atoms with E-state index >= 15 is 0 Å². The van der Waals surface area contributed by atoms with Gasteiger partial charge in [-0.15, -0.1) is 0 Å². The van der Waals surface area contributed by atoms with E-state index in [-0.39, 0.29) is 36.1 Å². The Morgan fingerprint density at radius 1 is 1.19 bits per heavy atom. The minimum Gasteiger partial charge on any atom is -0.496 e. The van der Waals surface area contributed by atoms with Crippen LogP contribution >= 0.6 is 0 Å². The van der Waals surface area contributed by atoms with E-state index in [9.17, 15) is 28.2 Å². The fourth-order valence-corrected chi connectivity index (χ4v) is 8.67. The number of carbonyl (C=O) groups excluding carboxylic acids is 2. The molecule has 2 aromatic carbocycles. The summed E-state index contributed by atoms with van der Waals surface area (Å²) in [5.74, 6) is 0.173. The van der Waals surface area contributed by atoms with E-state index in [1.807, 2.05) is 43.1 Å². The number of carbonyl (C=O) groups is 2. The lowest BCUT2D eigenvalue weighted by Gasteiger charge is -2.62. The number of nitrogens with zero attached hydrogens (tertiary/aromatic N) is 2. The lowest BCUT2D eigenvalue weighted by atomic mass is 9.45. The molecule has 2 bridgehead atoms. The molecule has 0 unspecified atom stereocenters. The van der Waals surface area contributed by atoms with Gasteiger partial charge in [0.15, 0.2) is 0 Å². The Bertz CT molecular complexity index is 1640. The summed E-state index contributed by atoms with van der Waals surface area (Å²) in [5.41, 5.74) is 2.99. The second-order valence-electron chi connectivity index (χ2n) is 14.6. The molecule has 4 N–H and O–H groups in total. The van der Waals surface area contributed by atoms with Gasteiger partial charge in [-0.3, -0.25) is 14.4 Å². The van der Waals surface area contributed by atoms with Gasteiger partial charge in [-0.05, 0) is 66.7 Å². The highest BCUT2D eigenvalue weighted by Crippen LogP contribution is 2.61. The number of sulfonamides is 1. The number of methoxy groups -OCH3 is 1. The molecule has 6 rings (SSSR count). The number of nitrogens with one attached hydrogen (secondary N) is 2. The van der Waals surface area contributed by atoms with E-state index in [2.05, 4.69) is 26.1 Å². The van der Waals surface area contributed by atoms with Crippen molar-refractivity contribution in [1.82, 2.24) is 15.1 Å². The van der Waals surface area contributed by atoms with Crippen LogP contribution in [-0.2, 0) is 26.2 Å². The van der Waals surface area contributed by atoms with Gasteiger partial charge in [-0.2, -0.15) is 5.06 Å². The highest BCUT2D eigenvalue weighted by Gasteiger charge is 2.57. The van der Waals surface area contributed by atoms with Gasteiger partial charge in [0.1, 0.15) is 17.9 Å². The number of hydrogen-bond acceptors (Lipinski definition) is 10. The number of rotatable bonds is 11. The molecule has 48 heavy (non-hydrogen) atoms. The first kappa shape index (κ1) is 36.1.